The smallest absolute Gasteiger partial charge is 0.0613 e. The van der Waals surface area contributed by atoms with Crippen LogP contribution in [0.2, 0.25) is 0 Å². The molecule has 1 unspecified atom stereocenters. The Balaban J connectivity index is 3.52. The van der Waals surface area contributed by atoms with E-state index in [0.29, 0.717) is 13.2 Å². The van der Waals surface area contributed by atoms with E-state index in [-0.39, 0.29) is 6.10 Å². The van der Waals surface area contributed by atoms with E-state index >= 15 is 0 Å². The van der Waals surface area contributed by atoms with Gasteiger partial charge in [0.25, 0.3) is 0 Å². The van der Waals surface area contributed by atoms with Crippen LogP contribution < -0.4 is 5.73 Å². The maximum atomic E-state index is 5.49. The van der Waals surface area contributed by atoms with Gasteiger partial charge in [-0.15, -0.1) is 13.2 Å². The van der Waals surface area contributed by atoms with Gasteiger partial charge in [0, 0.05) is 6.54 Å². The Kier molecular flexibility index (Phi) is 8.07. The van der Waals surface area contributed by atoms with Gasteiger partial charge in [0.1, 0.15) is 0 Å². The molecule has 0 spiro atoms. The van der Waals surface area contributed by atoms with Crippen molar-refractivity contribution in [1.82, 2.24) is 0 Å². The molecule has 0 aromatic heterocycles. The lowest BCUT2D eigenvalue weighted by Crippen LogP contribution is -2.17. The van der Waals surface area contributed by atoms with Gasteiger partial charge in [-0.05, 0) is 19.3 Å². The summed E-state index contributed by atoms with van der Waals surface area (Å²) in [5.41, 5.74) is 5.33. The second-order valence-corrected chi connectivity index (χ2v) is 2.67. The fourth-order valence-corrected chi connectivity index (χ4v) is 0.994. The van der Waals surface area contributed by atoms with E-state index in [4.69, 9.17) is 10.5 Å². The Morgan fingerprint density at radius 3 is 2.58 bits per heavy atom. The van der Waals surface area contributed by atoms with Crippen LogP contribution in [0, 0.1) is 0 Å². The summed E-state index contributed by atoms with van der Waals surface area (Å²) >= 11 is 0. The highest BCUT2D eigenvalue weighted by molar-refractivity contribution is 4.77. The molecule has 2 N–H and O–H groups in total. The van der Waals surface area contributed by atoms with Gasteiger partial charge in [0.2, 0.25) is 0 Å². The number of hydrogen-bond acceptors (Lipinski definition) is 2. The van der Waals surface area contributed by atoms with Crippen molar-refractivity contribution in [1.29, 1.82) is 0 Å². The molecule has 0 saturated carbocycles. The molecular formula is C10H19NO. The molecule has 0 aliphatic rings. The Bertz CT molecular complexity index is 123. The fraction of sp³-hybridized carbons (Fsp3) is 0.600. The molecule has 0 saturated heterocycles. The van der Waals surface area contributed by atoms with Crippen LogP contribution in [0.3, 0.4) is 0 Å². The summed E-state index contributed by atoms with van der Waals surface area (Å²) < 4.78 is 5.49. The zero-order valence-electron chi connectivity index (χ0n) is 7.67. The second kappa shape index (κ2) is 8.50. The van der Waals surface area contributed by atoms with Crippen molar-refractivity contribution < 1.29 is 4.74 Å². The van der Waals surface area contributed by atoms with E-state index in [1.807, 2.05) is 12.2 Å². The lowest BCUT2D eigenvalue weighted by Gasteiger charge is -2.14. The SMILES string of the molecule is C=CCCC(CC=C)OCCN. The van der Waals surface area contributed by atoms with Crippen LogP contribution in [0.1, 0.15) is 19.3 Å². The number of nitrogens with two attached hydrogens (primary N) is 1. The Labute approximate surface area is 75.1 Å². The number of allylic oxidation sites excluding steroid dienone is 1. The van der Waals surface area contributed by atoms with E-state index in [1.54, 1.807) is 0 Å². The largest absolute Gasteiger partial charge is 0.377 e. The van der Waals surface area contributed by atoms with E-state index in [1.165, 1.54) is 0 Å². The third-order valence-corrected chi connectivity index (χ3v) is 1.59. The van der Waals surface area contributed by atoms with Gasteiger partial charge in [-0.1, -0.05) is 12.2 Å². The molecule has 0 radical (unpaired) electrons. The first-order chi connectivity index (χ1) is 5.85. The normalized spacial score (nSPS) is 12.4. The fourth-order valence-electron chi connectivity index (χ4n) is 0.994. The monoisotopic (exact) mass is 169 g/mol. The molecule has 0 amide bonds. The molecule has 0 aliphatic carbocycles. The van der Waals surface area contributed by atoms with Gasteiger partial charge in [0.15, 0.2) is 0 Å². The summed E-state index contributed by atoms with van der Waals surface area (Å²) in [6.07, 6.45) is 6.95. The number of hydrogen-bond donors (Lipinski definition) is 1. The lowest BCUT2D eigenvalue weighted by molar-refractivity contribution is 0.0557. The molecule has 0 aromatic rings. The Hall–Kier alpha value is -0.600. The van der Waals surface area contributed by atoms with Crippen LogP contribution in [0.4, 0.5) is 0 Å². The van der Waals surface area contributed by atoms with Crippen LogP contribution in [0.15, 0.2) is 25.3 Å². The summed E-state index contributed by atoms with van der Waals surface area (Å²) in [5.74, 6) is 0. The molecular weight excluding hydrogens is 150 g/mol. The number of ether oxygens (including phenoxy) is 1. The van der Waals surface area contributed by atoms with Crippen molar-refractivity contribution >= 4 is 0 Å². The van der Waals surface area contributed by atoms with Crippen LogP contribution >= 0.6 is 0 Å². The van der Waals surface area contributed by atoms with Crippen LogP contribution in [-0.2, 0) is 4.74 Å². The summed E-state index contributed by atoms with van der Waals surface area (Å²) in [4.78, 5) is 0. The molecule has 2 heteroatoms. The Morgan fingerprint density at radius 2 is 2.08 bits per heavy atom. The maximum Gasteiger partial charge on any atom is 0.0613 e. The first kappa shape index (κ1) is 11.4. The van der Waals surface area contributed by atoms with Crippen LogP contribution in [-0.4, -0.2) is 19.3 Å². The highest BCUT2D eigenvalue weighted by Crippen LogP contribution is 2.07. The molecule has 0 aromatic carbocycles. The van der Waals surface area contributed by atoms with E-state index in [9.17, 15) is 0 Å². The first-order valence-corrected chi connectivity index (χ1v) is 4.38. The molecule has 0 heterocycles. The minimum atomic E-state index is 0.268. The molecule has 70 valence electrons. The van der Waals surface area contributed by atoms with Gasteiger partial charge in [-0.3, -0.25) is 0 Å². The predicted molar refractivity (Wildman–Crippen MR) is 53.0 cm³/mol. The maximum absolute atomic E-state index is 5.49. The third kappa shape index (κ3) is 6.13. The van der Waals surface area contributed by atoms with Gasteiger partial charge < -0.3 is 10.5 Å². The van der Waals surface area contributed by atoms with Gasteiger partial charge >= 0.3 is 0 Å². The quantitative estimate of drug-likeness (QED) is 0.563. The van der Waals surface area contributed by atoms with Crippen molar-refractivity contribution in [3.8, 4) is 0 Å². The molecule has 12 heavy (non-hydrogen) atoms. The standard InChI is InChI=1S/C10H19NO/c1-3-5-7-10(6-4-2)12-9-8-11/h3-4,10H,1-2,5-9,11H2. The van der Waals surface area contributed by atoms with Crippen molar-refractivity contribution in [2.45, 2.75) is 25.4 Å². The zero-order valence-corrected chi connectivity index (χ0v) is 7.67. The van der Waals surface area contributed by atoms with Crippen molar-refractivity contribution in [2.24, 2.45) is 5.73 Å². The summed E-state index contributed by atoms with van der Waals surface area (Å²) in [7, 11) is 0. The third-order valence-electron chi connectivity index (χ3n) is 1.59. The zero-order chi connectivity index (χ0) is 9.23. The van der Waals surface area contributed by atoms with Crippen molar-refractivity contribution in [3.05, 3.63) is 25.3 Å². The van der Waals surface area contributed by atoms with Gasteiger partial charge in [-0.25, -0.2) is 0 Å². The van der Waals surface area contributed by atoms with Crippen LogP contribution in [0.25, 0.3) is 0 Å². The number of rotatable bonds is 8. The predicted octanol–water partition coefficient (Wildman–Crippen LogP) is 1.87. The average molecular weight is 169 g/mol. The highest BCUT2D eigenvalue weighted by Gasteiger charge is 2.04. The molecule has 1 atom stereocenters. The minimum Gasteiger partial charge on any atom is -0.377 e. The lowest BCUT2D eigenvalue weighted by atomic mass is 10.1. The second-order valence-electron chi connectivity index (χ2n) is 2.67. The van der Waals surface area contributed by atoms with Gasteiger partial charge in [-0.2, -0.15) is 0 Å². The molecule has 2 nitrogen and oxygen atoms in total. The van der Waals surface area contributed by atoms with E-state index in [0.717, 1.165) is 19.3 Å². The topological polar surface area (TPSA) is 35.2 Å². The van der Waals surface area contributed by atoms with Gasteiger partial charge in [0.05, 0.1) is 12.7 Å². The van der Waals surface area contributed by atoms with E-state index in [2.05, 4.69) is 13.2 Å². The summed E-state index contributed by atoms with van der Waals surface area (Å²) in [6.45, 7) is 8.57. The molecule has 0 fully saturated rings. The summed E-state index contributed by atoms with van der Waals surface area (Å²) in [5, 5.41) is 0. The van der Waals surface area contributed by atoms with E-state index < -0.39 is 0 Å². The van der Waals surface area contributed by atoms with Crippen LogP contribution in [0.5, 0.6) is 0 Å². The van der Waals surface area contributed by atoms with Crippen molar-refractivity contribution in [3.63, 3.8) is 0 Å². The molecule has 0 bridgehead atoms. The average Bonchev–Trinajstić information content (AvgIpc) is 2.10. The summed E-state index contributed by atoms with van der Waals surface area (Å²) in [6, 6.07) is 0. The highest BCUT2D eigenvalue weighted by atomic mass is 16.5. The molecule has 0 rings (SSSR count). The van der Waals surface area contributed by atoms with Crippen molar-refractivity contribution in [2.75, 3.05) is 13.2 Å². The minimum absolute atomic E-state index is 0.268. The Morgan fingerprint density at radius 1 is 1.33 bits per heavy atom. The first-order valence-electron chi connectivity index (χ1n) is 4.38. The molecule has 0 aliphatic heterocycles.